The van der Waals surface area contributed by atoms with E-state index >= 15 is 0 Å². The number of carboxylic acid groups (broad SMARTS) is 1. The number of aliphatic carboxylic acids is 1. The van der Waals surface area contributed by atoms with Gasteiger partial charge >= 0.3 is 5.97 Å². The highest BCUT2D eigenvalue weighted by Gasteiger charge is 2.29. The molecule has 0 aliphatic heterocycles. The molecule has 0 saturated carbocycles. The van der Waals surface area contributed by atoms with Crippen LogP contribution in [0.2, 0.25) is 0 Å². The van der Waals surface area contributed by atoms with Gasteiger partial charge < -0.3 is 5.11 Å². The van der Waals surface area contributed by atoms with E-state index in [-0.39, 0.29) is 11.8 Å². The van der Waals surface area contributed by atoms with Crippen molar-refractivity contribution in [3.05, 3.63) is 35.9 Å². The molecule has 2 heteroatoms. The van der Waals surface area contributed by atoms with Gasteiger partial charge in [-0.1, -0.05) is 44.2 Å². The van der Waals surface area contributed by atoms with Gasteiger partial charge in [0.25, 0.3) is 0 Å². The van der Waals surface area contributed by atoms with E-state index in [4.69, 9.17) is 5.11 Å². The molecule has 0 bridgehead atoms. The molecule has 0 aliphatic rings. The largest absolute Gasteiger partial charge is 0.481 e. The Morgan fingerprint density at radius 1 is 1.19 bits per heavy atom. The minimum absolute atomic E-state index is 0.0901. The van der Waals surface area contributed by atoms with Crippen LogP contribution < -0.4 is 0 Å². The maximum atomic E-state index is 10.9. The van der Waals surface area contributed by atoms with E-state index in [2.05, 4.69) is 26.0 Å². The van der Waals surface area contributed by atoms with E-state index in [0.717, 1.165) is 19.3 Å². The van der Waals surface area contributed by atoms with Gasteiger partial charge in [-0.3, -0.25) is 4.79 Å². The van der Waals surface area contributed by atoms with E-state index in [1.54, 1.807) is 0 Å². The molecule has 88 valence electrons. The Balaban J connectivity index is 2.82. The van der Waals surface area contributed by atoms with Gasteiger partial charge in [0.15, 0.2) is 0 Å². The second-order valence-corrected chi connectivity index (χ2v) is 4.44. The normalized spacial score (nSPS) is 11.4. The van der Waals surface area contributed by atoms with Gasteiger partial charge in [0.05, 0.1) is 6.42 Å². The predicted molar refractivity (Wildman–Crippen MR) is 65.4 cm³/mol. The van der Waals surface area contributed by atoms with Crippen molar-refractivity contribution in [2.75, 3.05) is 0 Å². The minimum atomic E-state index is -0.695. The number of benzene rings is 1. The van der Waals surface area contributed by atoms with Crippen LogP contribution in [0.4, 0.5) is 0 Å². The van der Waals surface area contributed by atoms with Gasteiger partial charge in [0.1, 0.15) is 0 Å². The zero-order chi connectivity index (χ0) is 12.0. The number of hydrogen-bond acceptors (Lipinski definition) is 1. The summed E-state index contributed by atoms with van der Waals surface area (Å²) in [4.78, 5) is 10.9. The lowest BCUT2D eigenvalue weighted by Gasteiger charge is -2.30. The van der Waals surface area contributed by atoms with E-state index in [1.807, 2.05) is 18.2 Å². The lowest BCUT2D eigenvalue weighted by Crippen LogP contribution is -2.25. The lowest BCUT2D eigenvalue weighted by molar-refractivity contribution is -0.139. The molecule has 0 aliphatic carbocycles. The molecule has 0 aromatic heterocycles. The average molecular weight is 220 g/mol. The summed E-state index contributed by atoms with van der Waals surface area (Å²) in [6.45, 7) is 4.16. The van der Waals surface area contributed by atoms with Gasteiger partial charge in [-0.25, -0.2) is 0 Å². The second kappa shape index (κ2) is 5.69. The molecule has 16 heavy (non-hydrogen) atoms. The summed E-state index contributed by atoms with van der Waals surface area (Å²) < 4.78 is 0. The third kappa shape index (κ3) is 3.37. The first-order valence-electron chi connectivity index (χ1n) is 5.87. The van der Waals surface area contributed by atoms with Crippen molar-refractivity contribution < 1.29 is 9.90 Å². The van der Waals surface area contributed by atoms with Gasteiger partial charge in [0, 0.05) is 0 Å². The third-order valence-corrected chi connectivity index (χ3v) is 3.45. The highest BCUT2D eigenvalue weighted by atomic mass is 16.4. The zero-order valence-electron chi connectivity index (χ0n) is 10.1. The molecular weight excluding hydrogens is 200 g/mol. The molecule has 0 amide bonds. The molecular formula is C14H20O2. The maximum absolute atomic E-state index is 10.9. The van der Waals surface area contributed by atoms with Crippen LogP contribution in [0, 0.1) is 5.41 Å². The fraction of sp³-hybridized carbons (Fsp3) is 0.500. The van der Waals surface area contributed by atoms with E-state index in [9.17, 15) is 4.79 Å². The fourth-order valence-corrected chi connectivity index (χ4v) is 2.16. The molecule has 1 aromatic carbocycles. The number of carboxylic acids is 1. The Labute approximate surface area is 97.3 Å². The first kappa shape index (κ1) is 12.8. The van der Waals surface area contributed by atoms with Crippen molar-refractivity contribution in [3.8, 4) is 0 Å². The highest BCUT2D eigenvalue weighted by Crippen LogP contribution is 2.34. The Bertz CT molecular complexity index is 326. The third-order valence-electron chi connectivity index (χ3n) is 3.45. The Hall–Kier alpha value is -1.31. The fourth-order valence-electron chi connectivity index (χ4n) is 2.16. The number of rotatable bonds is 6. The van der Waals surface area contributed by atoms with Crippen LogP contribution >= 0.6 is 0 Å². The quantitative estimate of drug-likeness (QED) is 0.796. The first-order chi connectivity index (χ1) is 7.62. The van der Waals surface area contributed by atoms with Crippen molar-refractivity contribution in [1.82, 2.24) is 0 Å². The summed E-state index contributed by atoms with van der Waals surface area (Å²) >= 11 is 0. The molecule has 0 unspecified atom stereocenters. The summed E-state index contributed by atoms with van der Waals surface area (Å²) in [6.07, 6.45) is 2.93. The second-order valence-electron chi connectivity index (χ2n) is 4.44. The summed E-state index contributed by atoms with van der Waals surface area (Å²) in [5.41, 5.74) is 1.14. The molecule has 0 saturated heterocycles. The summed E-state index contributed by atoms with van der Waals surface area (Å²) in [6, 6.07) is 10.1. The van der Waals surface area contributed by atoms with Gasteiger partial charge in [-0.2, -0.15) is 0 Å². The SMILES string of the molecule is CCC(CC)(CC(=O)O)Cc1ccccc1. The van der Waals surface area contributed by atoms with Gasteiger partial charge in [-0.05, 0) is 30.2 Å². The monoisotopic (exact) mass is 220 g/mol. The molecule has 1 N–H and O–H groups in total. The summed E-state index contributed by atoms with van der Waals surface area (Å²) in [5.74, 6) is -0.695. The van der Waals surface area contributed by atoms with Crippen LogP contribution in [-0.4, -0.2) is 11.1 Å². The molecule has 0 atom stereocenters. The Morgan fingerprint density at radius 3 is 2.19 bits per heavy atom. The van der Waals surface area contributed by atoms with Crippen LogP contribution in [0.1, 0.15) is 38.7 Å². The molecule has 0 radical (unpaired) electrons. The topological polar surface area (TPSA) is 37.3 Å². The molecule has 2 nitrogen and oxygen atoms in total. The molecule has 1 aromatic rings. The van der Waals surface area contributed by atoms with Crippen molar-refractivity contribution in [3.63, 3.8) is 0 Å². The van der Waals surface area contributed by atoms with Crippen LogP contribution in [0.15, 0.2) is 30.3 Å². The number of carbonyl (C=O) groups is 1. The maximum Gasteiger partial charge on any atom is 0.303 e. The van der Waals surface area contributed by atoms with E-state index in [1.165, 1.54) is 5.56 Å². The summed E-state index contributed by atoms with van der Waals surface area (Å²) in [7, 11) is 0. The van der Waals surface area contributed by atoms with Crippen LogP contribution in [0.25, 0.3) is 0 Å². The first-order valence-corrected chi connectivity index (χ1v) is 5.87. The molecule has 0 spiro atoms. The van der Waals surface area contributed by atoms with Crippen LogP contribution in [0.5, 0.6) is 0 Å². The van der Waals surface area contributed by atoms with Crippen molar-refractivity contribution >= 4 is 5.97 Å². The summed E-state index contributed by atoms with van der Waals surface area (Å²) in [5, 5.41) is 8.99. The van der Waals surface area contributed by atoms with Crippen molar-refractivity contribution in [2.45, 2.75) is 39.5 Å². The van der Waals surface area contributed by atoms with Gasteiger partial charge in [0.2, 0.25) is 0 Å². The molecule has 0 heterocycles. The zero-order valence-corrected chi connectivity index (χ0v) is 10.1. The lowest BCUT2D eigenvalue weighted by atomic mass is 9.74. The van der Waals surface area contributed by atoms with E-state index in [0.29, 0.717) is 0 Å². The Kier molecular flexibility index (Phi) is 4.53. The Morgan fingerprint density at radius 2 is 1.75 bits per heavy atom. The molecule has 0 fully saturated rings. The van der Waals surface area contributed by atoms with Crippen molar-refractivity contribution in [2.24, 2.45) is 5.41 Å². The average Bonchev–Trinajstić information content (AvgIpc) is 2.29. The van der Waals surface area contributed by atoms with Gasteiger partial charge in [-0.15, -0.1) is 0 Å². The van der Waals surface area contributed by atoms with E-state index < -0.39 is 5.97 Å². The highest BCUT2D eigenvalue weighted by molar-refractivity contribution is 5.67. The standard InChI is InChI=1S/C14H20O2/c1-3-14(4-2,11-13(15)16)10-12-8-6-5-7-9-12/h5-9H,3-4,10-11H2,1-2H3,(H,15,16). The minimum Gasteiger partial charge on any atom is -0.481 e. The van der Waals surface area contributed by atoms with Crippen LogP contribution in [-0.2, 0) is 11.2 Å². The predicted octanol–water partition coefficient (Wildman–Crippen LogP) is 3.51. The molecule has 1 rings (SSSR count). The van der Waals surface area contributed by atoms with Crippen molar-refractivity contribution in [1.29, 1.82) is 0 Å². The van der Waals surface area contributed by atoms with Crippen LogP contribution in [0.3, 0.4) is 0 Å². The smallest absolute Gasteiger partial charge is 0.303 e. The number of hydrogen-bond donors (Lipinski definition) is 1.